The number of methoxy groups -OCH3 is 1. The topological polar surface area (TPSA) is 67.7 Å². The summed E-state index contributed by atoms with van der Waals surface area (Å²) >= 11 is 1.63. The van der Waals surface area contributed by atoms with Crippen LogP contribution in [-0.2, 0) is 0 Å². The van der Waals surface area contributed by atoms with Crippen LogP contribution in [0.2, 0.25) is 0 Å². The molecule has 1 atom stereocenters. The highest BCUT2D eigenvalue weighted by atomic mass is 32.1. The van der Waals surface area contributed by atoms with Crippen molar-refractivity contribution in [2.75, 3.05) is 7.11 Å². The third-order valence-electron chi connectivity index (χ3n) is 5.14. The minimum Gasteiger partial charge on any atom is -0.497 e. The van der Waals surface area contributed by atoms with E-state index in [0.29, 0.717) is 17.7 Å². The highest BCUT2D eigenvalue weighted by Gasteiger charge is 2.34. The van der Waals surface area contributed by atoms with Crippen LogP contribution in [0, 0.1) is 0 Å². The normalized spacial score (nSPS) is 16.0. The van der Waals surface area contributed by atoms with Gasteiger partial charge < -0.3 is 4.74 Å². The Morgan fingerprint density at radius 1 is 1.07 bits per heavy atom. The smallest absolute Gasteiger partial charge is 0.274 e. The summed E-state index contributed by atoms with van der Waals surface area (Å²) in [6, 6.07) is 16.9. The Hall–Kier alpha value is -3.58. The standard InChI is InChI=1S/C23H18N4O2S/c1-29-17-7-4-15(5-8-17)23(28)27-21(14-20(26-27)22-3-2-12-30-22)16-6-9-18-19(13-16)25-11-10-24-18/h2-13,21H,14H2,1H3/t21-/m0/s1. The molecule has 6 nitrogen and oxygen atoms in total. The largest absolute Gasteiger partial charge is 0.497 e. The summed E-state index contributed by atoms with van der Waals surface area (Å²) in [6.45, 7) is 0. The highest BCUT2D eigenvalue weighted by Crippen LogP contribution is 2.35. The van der Waals surface area contributed by atoms with Gasteiger partial charge >= 0.3 is 0 Å². The molecule has 148 valence electrons. The van der Waals surface area contributed by atoms with Crippen molar-refractivity contribution in [2.24, 2.45) is 5.10 Å². The SMILES string of the molecule is COc1ccc(C(=O)N2N=C(c3cccs3)C[C@H]2c2ccc3nccnc3c2)cc1. The van der Waals surface area contributed by atoms with Crippen molar-refractivity contribution in [3.63, 3.8) is 0 Å². The molecule has 0 saturated heterocycles. The predicted octanol–water partition coefficient (Wildman–Crippen LogP) is 4.69. The predicted molar refractivity (Wildman–Crippen MR) is 117 cm³/mol. The molecule has 4 aromatic rings. The van der Waals surface area contributed by atoms with E-state index in [4.69, 9.17) is 9.84 Å². The fourth-order valence-corrected chi connectivity index (χ4v) is 4.32. The first-order valence-electron chi connectivity index (χ1n) is 9.52. The summed E-state index contributed by atoms with van der Waals surface area (Å²) in [7, 11) is 1.60. The molecule has 0 radical (unpaired) electrons. The van der Waals surface area contributed by atoms with Crippen molar-refractivity contribution in [1.29, 1.82) is 0 Å². The number of hydrogen-bond donors (Lipinski definition) is 0. The van der Waals surface area contributed by atoms with E-state index < -0.39 is 0 Å². The Balaban J connectivity index is 1.54. The van der Waals surface area contributed by atoms with Crippen LogP contribution in [0.4, 0.5) is 0 Å². The van der Waals surface area contributed by atoms with E-state index in [0.717, 1.165) is 27.2 Å². The highest BCUT2D eigenvalue weighted by molar-refractivity contribution is 7.12. The number of rotatable bonds is 4. The lowest BCUT2D eigenvalue weighted by Crippen LogP contribution is -2.27. The molecule has 0 fully saturated rings. The zero-order valence-corrected chi connectivity index (χ0v) is 17.0. The molecule has 1 amide bonds. The molecule has 2 aromatic carbocycles. The number of carbonyl (C=O) groups excluding carboxylic acids is 1. The maximum absolute atomic E-state index is 13.4. The molecular weight excluding hydrogens is 396 g/mol. The van der Waals surface area contributed by atoms with Crippen molar-refractivity contribution in [1.82, 2.24) is 15.0 Å². The Morgan fingerprint density at radius 2 is 1.87 bits per heavy atom. The molecule has 2 aromatic heterocycles. The van der Waals surface area contributed by atoms with E-state index in [1.54, 1.807) is 60.1 Å². The fourth-order valence-electron chi connectivity index (χ4n) is 3.60. The van der Waals surface area contributed by atoms with Gasteiger partial charge in [-0.25, -0.2) is 5.01 Å². The Bertz CT molecular complexity index is 1240. The Labute approximate surface area is 177 Å². The molecule has 0 N–H and O–H groups in total. The number of hydrazone groups is 1. The van der Waals surface area contributed by atoms with E-state index in [1.165, 1.54) is 0 Å². The molecule has 1 aliphatic rings. The molecule has 0 spiro atoms. The van der Waals surface area contributed by atoms with Gasteiger partial charge in [-0.05, 0) is 53.4 Å². The van der Waals surface area contributed by atoms with Crippen molar-refractivity contribution in [3.05, 3.63) is 88.4 Å². The summed E-state index contributed by atoms with van der Waals surface area (Å²) in [6.07, 6.45) is 4.00. The van der Waals surface area contributed by atoms with Gasteiger partial charge in [0, 0.05) is 24.4 Å². The number of amides is 1. The molecule has 0 unspecified atom stereocenters. The van der Waals surface area contributed by atoms with Gasteiger partial charge in [-0.3, -0.25) is 14.8 Å². The number of ether oxygens (including phenoxy) is 1. The van der Waals surface area contributed by atoms with Crippen LogP contribution in [0.3, 0.4) is 0 Å². The van der Waals surface area contributed by atoms with Crippen LogP contribution in [0.15, 0.2) is 77.5 Å². The summed E-state index contributed by atoms with van der Waals surface area (Å²) in [5, 5.41) is 8.34. The minimum absolute atomic E-state index is 0.145. The molecular formula is C23H18N4O2S. The lowest BCUT2D eigenvalue weighted by Gasteiger charge is -2.22. The van der Waals surface area contributed by atoms with Crippen LogP contribution in [-0.4, -0.2) is 33.7 Å². The molecule has 5 rings (SSSR count). The molecule has 3 heterocycles. The Morgan fingerprint density at radius 3 is 2.60 bits per heavy atom. The zero-order valence-electron chi connectivity index (χ0n) is 16.2. The van der Waals surface area contributed by atoms with E-state index >= 15 is 0 Å². The van der Waals surface area contributed by atoms with Crippen molar-refractivity contribution in [2.45, 2.75) is 12.5 Å². The monoisotopic (exact) mass is 414 g/mol. The summed E-state index contributed by atoms with van der Waals surface area (Å²) in [5.74, 6) is 0.564. The average Bonchev–Trinajstić information content (AvgIpc) is 3.48. The fraction of sp³-hybridized carbons (Fsp3) is 0.130. The van der Waals surface area contributed by atoms with Crippen LogP contribution in [0.5, 0.6) is 5.75 Å². The number of hydrogen-bond acceptors (Lipinski definition) is 6. The quantitative estimate of drug-likeness (QED) is 0.486. The molecule has 0 aliphatic carbocycles. The van der Waals surface area contributed by atoms with Crippen molar-refractivity contribution in [3.8, 4) is 5.75 Å². The molecule has 0 saturated carbocycles. The average molecular weight is 414 g/mol. The van der Waals surface area contributed by atoms with Crippen LogP contribution in [0.25, 0.3) is 11.0 Å². The number of aromatic nitrogens is 2. The van der Waals surface area contributed by atoms with Crippen molar-refractivity contribution >= 4 is 34.0 Å². The second-order valence-corrected chi connectivity index (χ2v) is 7.87. The molecule has 1 aliphatic heterocycles. The molecule has 7 heteroatoms. The lowest BCUT2D eigenvalue weighted by atomic mass is 10.00. The lowest BCUT2D eigenvalue weighted by molar-refractivity contribution is 0.0711. The van der Waals surface area contributed by atoms with Gasteiger partial charge in [0.15, 0.2) is 0 Å². The van der Waals surface area contributed by atoms with Gasteiger partial charge in [-0.1, -0.05) is 12.1 Å². The van der Waals surface area contributed by atoms with Crippen LogP contribution >= 0.6 is 11.3 Å². The maximum Gasteiger partial charge on any atom is 0.274 e. The summed E-state index contributed by atoms with van der Waals surface area (Å²) in [5.41, 5.74) is 4.09. The maximum atomic E-state index is 13.4. The van der Waals surface area contributed by atoms with E-state index in [9.17, 15) is 4.79 Å². The number of carbonyl (C=O) groups is 1. The first-order valence-corrected chi connectivity index (χ1v) is 10.4. The van der Waals surface area contributed by atoms with E-state index in [-0.39, 0.29) is 11.9 Å². The van der Waals surface area contributed by atoms with Crippen LogP contribution < -0.4 is 4.74 Å². The van der Waals surface area contributed by atoms with E-state index in [1.807, 2.05) is 35.7 Å². The third kappa shape index (κ3) is 3.33. The second kappa shape index (κ2) is 7.68. The van der Waals surface area contributed by atoms with Gasteiger partial charge in [0.1, 0.15) is 5.75 Å². The number of fused-ring (bicyclic) bond motifs is 1. The van der Waals surface area contributed by atoms with Gasteiger partial charge in [-0.2, -0.15) is 5.10 Å². The van der Waals surface area contributed by atoms with Gasteiger partial charge in [-0.15, -0.1) is 11.3 Å². The zero-order chi connectivity index (χ0) is 20.5. The van der Waals surface area contributed by atoms with Gasteiger partial charge in [0.05, 0.1) is 34.8 Å². The number of benzene rings is 2. The molecule has 30 heavy (non-hydrogen) atoms. The minimum atomic E-state index is -0.205. The summed E-state index contributed by atoms with van der Waals surface area (Å²) in [4.78, 5) is 23.2. The third-order valence-corrected chi connectivity index (χ3v) is 6.06. The Kier molecular flexibility index (Phi) is 4.72. The van der Waals surface area contributed by atoms with Gasteiger partial charge in [0.2, 0.25) is 0 Å². The number of nitrogens with zero attached hydrogens (tertiary/aromatic N) is 4. The van der Waals surface area contributed by atoms with E-state index in [2.05, 4.69) is 9.97 Å². The number of thiophene rings is 1. The first-order chi connectivity index (χ1) is 14.7. The van der Waals surface area contributed by atoms with Crippen molar-refractivity contribution < 1.29 is 9.53 Å². The first kappa shape index (κ1) is 18.4. The second-order valence-electron chi connectivity index (χ2n) is 6.93. The molecule has 0 bridgehead atoms. The van der Waals surface area contributed by atoms with Gasteiger partial charge in [0.25, 0.3) is 5.91 Å². The van der Waals surface area contributed by atoms with Crippen LogP contribution in [0.1, 0.15) is 33.3 Å². The summed E-state index contributed by atoms with van der Waals surface area (Å²) < 4.78 is 5.21.